The summed E-state index contributed by atoms with van der Waals surface area (Å²) >= 11 is 0. The first kappa shape index (κ1) is 14.8. The summed E-state index contributed by atoms with van der Waals surface area (Å²) in [6.45, 7) is 6.85. The lowest BCUT2D eigenvalue weighted by Crippen LogP contribution is -2.52. The zero-order chi connectivity index (χ0) is 13.8. The van der Waals surface area contributed by atoms with E-state index in [1.54, 1.807) is 0 Å². The molecule has 0 bridgehead atoms. The van der Waals surface area contributed by atoms with E-state index in [0.29, 0.717) is 12.1 Å². The molecule has 0 amide bonds. The first-order valence-electron chi connectivity index (χ1n) is 8.33. The van der Waals surface area contributed by atoms with Crippen molar-refractivity contribution in [1.29, 1.82) is 0 Å². The molecule has 20 heavy (non-hydrogen) atoms. The van der Waals surface area contributed by atoms with E-state index in [4.69, 9.17) is 14.2 Å². The van der Waals surface area contributed by atoms with Crippen LogP contribution >= 0.6 is 0 Å². The van der Waals surface area contributed by atoms with E-state index in [1.165, 1.54) is 12.8 Å². The molecule has 1 N–H and O–H groups in total. The Bertz CT molecular complexity index is 293. The third-order valence-corrected chi connectivity index (χ3v) is 5.37. The van der Waals surface area contributed by atoms with Crippen molar-refractivity contribution in [1.82, 2.24) is 5.32 Å². The Morgan fingerprint density at radius 1 is 0.950 bits per heavy atom. The number of hydrogen-bond donors (Lipinski definition) is 1. The molecule has 0 aromatic rings. The normalized spacial score (nSPS) is 33.1. The summed E-state index contributed by atoms with van der Waals surface area (Å²) in [7, 11) is 0. The van der Waals surface area contributed by atoms with Gasteiger partial charge in [0.05, 0.1) is 5.60 Å². The van der Waals surface area contributed by atoms with Crippen molar-refractivity contribution in [3.05, 3.63) is 0 Å². The Balaban J connectivity index is 1.51. The molecule has 0 radical (unpaired) electrons. The third kappa shape index (κ3) is 3.53. The van der Waals surface area contributed by atoms with Crippen LogP contribution in [0.25, 0.3) is 0 Å². The topological polar surface area (TPSA) is 39.7 Å². The average molecular weight is 283 g/mol. The van der Waals surface area contributed by atoms with Gasteiger partial charge in [-0.15, -0.1) is 0 Å². The molecule has 2 unspecified atom stereocenters. The molecule has 2 atom stereocenters. The largest absolute Gasteiger partial charge is 0.381 e. The number of hydrogen-bond acceptors (Lipinski definition) is 4. The van der Waals surface area contributed by atoms with E-state index < -0.39 is 0 Å². The third-order valence-electron chi connectivity index (χ3n) is 5.37. The summed E-state index contributed by atoms with van der Waals surface area (Å²) in [5.41, 5.74) is 0.101. The van der Waals surface area contributed by atoms with Crippen LogP contribution in [0, 0.1) is 5.92 Å². The minimum absolute atomic E-state index is 0.101. The van der Waals surface area contributed by atoms with Crippen molar-refractivity contribution in [3.63, 3.8) is 0 Å². The zero-order valence-corrected chi connectivity index (χ0v) is 12.7. The molecule has 0 aliphatic carbocycles. The maximum absolute atomic E-state index is 6.12. The van der Waals surface area contributed by atoms with Gasteiger partial charge in [0, 0.05) is 45.1 Å². The van der Waals surface area contributed by atoms with Crippen molar-refractivity contribution in [2.24, 2.45) is 5.92 Å². The van der Waals surface area contributed by atoms with E-state index >= 15 is 0 Å². The Kier molecular flexibility index (Phi) is 4.97. The van der Waals surface area contributed by atoms with Crippen LogP contribution in [0.4, 0.5) is 0 Å². The van der Waals surface area contributed by atoms with E-state index in [-0.39, 0.29) is 5.60 Å². The molecular weight excluding hydrogens is 254 g/mol. The van der Waals surface area contributed by atoms with Gasteiger partial charge in [-0.25, -0.2) is 0 Å². The highest BCUT2D eigenvalue weighted by atomic mass is 16.5. The number of nitrogens with one attached hydrogen (secondary N) is 1. The predicted octanol–water partition coefficient (Wildman–Crippen LogP) is 2.12. The van der Waals surface area contributed by atoms with Gasteiger partial charge in [-0.1, -0.05) is 0 Å². The van der Waals surface area contributed by atoms with Crippen molar-refractivity contribution < 1.29 is 14.2 Å². The Hall–Kier alpha value is -0.160. The van der Waals surface area contributed by atoms with Crippen LogP contribution in [0.15, 0.2) is 0 Å². The van der Waals surface area contributed by atoms with Crippen molar-refractivity contribution in [3.8, 4) is 0 Å². The Labute approximate surface area is 122 Å². The van der Waals surface area contributed by atoms with Gasteiger partial charge in [-0.2, -0.15) is 0 Å². The highest BCUT2D eigenvalue weighted by molar-refractivity contribution is 4.93. The van der Waals surface area contributed by atoms with Crippen molar-refractivity contribution >= 4 is 0 Å². The van der Waals surface area contributed by atoms with Gasteiger partial charge in [0.2, 0.25) is 0 Å². The molecule has 4 heteroatoms. The SMILES string of the molecule is CC(NC1CCOC2(CCOCC2)C1)C1CCOCC1. The zero-order valence-electron chi connectivity index (χ0n) is 12.7. The van der Waals surface area contributed by atoms with E-state index in [9.17, 15) is 0 Å². The maximum atomic E-state index is 6.12. The van der Waals surface area contributed by atoms with Gasteiger partial charge in [-0.3, -0.25) is 0 Å². The van der Waals surface area contributed by atoms with Gasteiger partial charge >= 0.3 is 0 Å². The van der Waals surface area contributed by atoms with Crippen molar-refractivity contribution in [2.75, 3.05) is 33.0 Å². The van der Waals surface area contributed by atoms with E-state index in [0.717, 1.165) is 64.6 Å². The van der Waals surface area contributed by atoms with Gasteiger partial charge < -0.3 is 19.5 Å². The lowest BCUT2D eigenvalue weighted by Gasteiger charge is -2.44. The molecule has 0 aromatic heterocycles. The van der Waals surface area contributed by atoms with Crippen LogP contribution in [0.2, 0.25) is 0 Å². The number of ether oxygens (including phenoxy) is 3. The highest BCUT2D eigenvalue weighted by Crippen LogP contribution is 2.34. The molecule has 4 nitrogen and oxygen atoms in total. The summed E-state index contributed by atoms with van der Waals surface area (Å²) in [4.78, 5) is 0. The maximum Gasteiger partial charge on any atom is 0.0741 e. The highest BCUT2D eigenvalue weighted by Gasteiger charge is 2.39. The fourth-order valence-corrected chi connectivity index (χ4v) is 3.99. The van der Waals surface area contributed by atoms with Crippen LogP contribution < -0.4 is 5.32 Å². The van der Waals surface area contributed by atoms with Crippen LogP contribution in [-0.2, 0) is 14.2 Å². The van der Waals surface area contributed by atoms with Crippen molar-refractivity contribution in [2.45, 2.75) is 63.1 Å². The Morgan fingerprint density at radius 2 is 1.65 bits per heavy atom. The lowest BCUT2D eigenvalue weighted by atomic mass is 9.83. The molecule has 3 rings (SSSR count). The molecule has 1 spiro atoms. The minimum Gasteiger partial charge on any atom is -0.381 e. The van der Waals surface area contributed by atoms with Gasteiger partial charge in [0.25, 0.3) is 0 Å². The molecular formula is C16H29NO3. The first-order valence-corrected chi connectivity index (χ1v) is 8.33. The summed E-state index contributed by atoms with van der Waals surface area (Å²) in [5.74, 6) is 0.775. The number of rotatable bonds is 3. The summed E-state index contributed by atoms with van der Waals surface area (Å²) in [5, 5.41) is 3.88. The van der Waals surface area contributed by atoms with E-state index in [2.05, 4.69) is 12.2 Å². The predicted molar refractivity (Wildman–Crippen MR) is 77.9 cm³/mol. The summed E-state index contributed by atoms with van der Waals surface area (Å²) < 4.78 is 17.1. The van der Waals surface area contributed by atoms with E-state index in [1.807, 2.05) is 0 Å². The van der Waals surface area contributed by atoms with Gasteiger partial charge in [0.1, 0.15) is 0 Å². The summed E-state index contributed by atoms with van der Waals surface area (Å²) in [6.07, 6.45) is 6.85. The molecule has 3 saturated heterocycles. The smallest absolute Gasteiger partial charge is 0.0741 e. The fraction of sp³-hybridized carbons (Fsp3) is 1.00. The Morgan fingerprint density at radius 3 is 2.40 bits per heavy atom. The van der Waals surface area contributed by atoms with Crippen LogP contribution in [0.1, 0.15) is 45.4 Å². The van der Waals surface area contributed by atoms with Crippen LogP contribution in [0.3, 0.4) is 0 Å². The standard InChI is InChI=1S/C16H29NO3/c1-13(14-2-7-18-8-3-14)17-15-4-9-20-16(12-15)5-10-19-11-6-16/h13-15,17H,2-12H2,1H3. The molecule has 0 saturated carbocycles. The molecule has 3 heterocycles. The lowest BCUT2D eigenvalue weighted by molar-refractivity contribution is -0.141. The second kappa shape index (κ2) is 6.73. The molecule has 116 valence electrons. The second-order valence-corrected chi connectivity index (χ2v) is 6.74. The monoisotopic (exact) mass is 283 g/mol. The fourth-order valence-electron chi connectivity index (χ4n) is 3.99. The summed E-state index contributed by atoms with van der Waals surface area (Å²) in [6, 6.07) is 1.21. The van der Waals surface area contributed by atoms with Crippen LogP contribution in [0.5, 0.6) is 0 Å². The quantitative estimate of drug-likeness (QED) is 0.861. The first-order chi connectivity index (χ1) is 9.77. The second-order valence-electron chi connectivity index (χ2n) is 6.74. The molecule has 3 aliphatic heterocycles. The van der Waals surface area contributed by atoms with Gasteiger partial charge in [0.15, 0.2) is 0 Å². The molecule has 0 aromatic carbocycles. The molecule has 3 aliphatic rings. The van der Waals surface area contributed by atoms with Gasteiger partial charge in [-0.05, 0) is 51.4 Å². The van der Waals surface area contributed by atoms with Crippen LogP contribution in [-0.4, -0.2) is 50.7 Å². The minimum atomic E-state index is 0.101. The molecule has 3 fully saturated rings. The average Bonchev–Trinajstić information content (AvgIpc) is 2.49.